The third kappa shape index (κ3) is 3.92. The Morgan fingerprint density at radius 2 is 2.07 bits per heavy atom. The zero-order valence-electron chi connectivity index (χ0n) is 9.12. The van der Waals surface area contributed by atoms with E-state index in [1.807, 2.05) is 6.07 Å². The highest BCUT2D eigenvalue weighted by Gasteiger charge is 2.06. The van der Waals surface area contributed by atoms with E-state index >= 15 is 0 Å². The van der Waals surface area contributed by atoms with Crippen molar-refractivity contribution in [1.82, 2.24) is 10.5 Å². The molecule has 80 valence electrons. The van der Waals surface area contributed by atoms with E-state index in [1.165, 1.54) is 25.7 Å². The molecule has 0 unspecified atom stereocenters. The topological polar surface area (TPSA) is 38.1 Å². The maximum Gasteiger partial charge on any atom is 0.150 e. The van der Waals surface area contributed by atoms with Crippen LogP contribution in [0.25, 0.3) is 0 Å². The van der Waals surface area contributed by atoms with E-state index in [4.69, 9.17) is 4.52 Å². The molecule has 3 nitrogen and oxygen atoms in total. The minimum Gasteiger partial charge on any atom is -0.360 e. The molecule has 14 heavy (non-hydrogen) atoms. The van der Waals surface area contributed by atoms with Gasteiger partial charge in [0.05, 0.1) is 12.7 Å². The molecule has 0 atom stereocenters. The molecule has 1 aromatic heterocycles. The molecule has 1 aromatic rings. The van der Waals surface area contributed by atoms with Crippen molar-refractivity contribution in [2.75, 3.05) is 0 Å². The summed E-state index contributed by atoms with van der Waals surface area (Å²) in [7, 11) is 0. The fraction of sp³-hybridized carbons (Fsp3) is 0.727. The fourth-order valence-electron chi connectivity index (χ4n) is 1.62. The number of nitrogens with zero attached hydrogens (tertiary/aromatic N) is 1. The van der Waals surface area contributed by atoms with Crippen LogP contribution in [0.2, 0.25) is 0 Å². The quantitative estimate of drug-likeness (QED) is 0.728. The molecular weight excluding hydrogens is 176 g/mol. The van der Waals surface area contributed by atoms with Crippen molar-refractivity contribution >= 4 is 0 Å². The van der Waals surface area contributed by atoms with Gasteiger partial charge in [0.25, 0.3) is 0 Å². The standard InChI is InChI=1S/C11H20N2O/c1-3-5-10(6-4-2)12-9-11-7-8-13-14-11/h7-8,10,12H,3-6,9H2,1-2H3. The van der Waals surface area contributed by atoms with Gasteiger partial charge >= 0.3 is 0 Å². The Labute approximate surface area is 85.9 Å². The highest BCUT2D eigenvalue weighted by molar-refractivity contribution is 4.92. The molecule has 3 heteroatoms. The number of aromatic nitrogens is 1. The lowest BCUT2D eigenvalue weighted by Crippen LogP contribution is -2.28. The first kappa shape index (κ1) is 11.2. The molecule has 1 heterocycles. The highest BCUT2D eigenvalue weighted by Crippen LogP contribution is 2.06. The Morgan fingerprint density at radius 1 is 1.36 bits per heavy atom. The van der Waals surface area contributed by atoms with E-state index in [0.717, 1.165) is 12.3 Å². The smallest absolute Gasteiger partial charge is 0.150 e. The molecule has 1 N–H and O–H groups in total. The largest absolute Gasteiger partial charge is 0.360 e. The monoisotopic (exact) mass is 196 g/mol. The van der Waals surface area contributed by atoms with Crippen molar-refractivity contribution in [2.45, 2.75) is 52.1 Å². The van der Waals surface area contributed by atoms with Crippen molar-refractivity contribution in [2.24, 2.45) is 0 Å². The molecular formula is C11H20N2O. The molecule has 0 saturated carbocycles. The van der Waals surface area contributed by atoms with E-state index in [1.54, 1.807) is 6.20 Å². The Kier molecular flexibility index (Phi) is 5.30. The van der Waals surface area contributed by atoms with Crippen LogP contribution in [-0.2, 0) is 6.54 Å². The lowest BCUT2D eigenvalue weighted by molar-refractivity contribution is 0.352. The summed E-state index contributed by atoms with van der Waals surface area (Å²) in [4.78, 5) is 0. The first-order valence-corrected chi connectivity index (χ1v) is 5.49. The minimum absolute atomic E-state index is 0.620. The zero-order valence-corrected chi connectivity index (χ0v) is 9.12. The summed E-state index contributed by atoms with van der Waals surface area (Å²) in [5, 5.41) is 7.17. The van der Waals surface area contributed by atoms with E-state index in [0.29, 0.717) is 6.04 Å². The molecule has 0 amide bonds. The van der Waals surface area contributed by atoms with E-state index in [-0.39, 0.29) is 0 Å². The maximum absolute atomic E-state index is 5.03. The predicted molar refractivity (Wildman–Crippen MR) is 56.9 cm³/mol. The summed E-state index contributed by atoms with van der Waals surface area (Å²) < 4.78 is 5.03. The first-order valence-electron chi connectivity index (χ1n) is 5.49. The summed E-state index contributed by atoms with van der Waals surface area (Å²) in [6.45, 7) is 5.24. The van der Waals surface area contributed by atoms with E-state index < -0.39 is 0 Å². The average Bonchev–Trinajstić information content (AvgIpc) is 2.67. The van der Waals surface area contributed by atoms with Gasteiger partial charge in [0.2, 0.25) is 0 Å². The van der Waals surface area contributed by atoms with Gasteiger partial charge in [-0.1, -0.05) is 31.8 Å². The Morgan fingerprint density at radius 3 is 2.57 bits per heavy atom. The molecule has 0 aliphatic rings. The lowest BCUT2D eigenvalue weighted by Gasteiger charge is -2.15. The van der Waals surface area contributed by atoms with E-state index in [9.17, 15) is 0 Å². The summed E-state index contributed by atoms with van der Waals surface area (Å²) in [6.07, 6.45) is 6.62. The van der Waals surface area contributed by atoms with Crippen LogP contribution in [0.15, 0.2) is 16.8 Å². The Bertz CT molecular complexity index is 215. The molecule has 0 bridgehead atoms. The first-order chi connectivity index (χ1) is 6.86. The molecule has 0 fully saturated rings. The third-order valence-corrected chi connectivity index (χ3v) is 2.33. The second-order valence-corrected chi connectivity index (χ2v) is 3.63. The molecule has 0 aliphatic carbocycles. The maximum atomic E-state index is 5.03. The lowest BCUT2D eigenvalue weighted by atomic mass is 10.1. The molecule has 0 aliphatic heterocycles. The second-order valence-electron chi connectivity index (χ2n) is 3.63. The van der Waals surface area contributed by atoms with Crippen LogP contribution in [0, 0.1) is 0 Å². The van der Waals surface area contributed by atoms with Crippen LogP contribution >= 0.6 is 0 Å². The van der Waals surface area contributed by atoms with Crippen LogP contribution < -0.4 is 5.32 Å². The molecule has 1 rings (SSSR count). The van der Waals surface area contributed by atoms with Crippen molar-refractivity contribution in [3.05, 3.63) is 18.0 Å². The van der Waals surface area contributed by atoms with Crippen LogP contribution in [0.1, 0.15) is 45.3 Å². The molecule has 0 saturated heterocycles. The third-order valence-electron chi connectivity index (χ3n) is 2.33. The summed E-state index contributed by atoms with van der Waals surface area (Å²) in [5.41, 5.74) is 0. The zero-order chi connectivity index (χ0) is 10.2. The SMILES string of the molecule is CCCC(CCC)NCc1ccno1. The molecule has 0 spiro atoms. The summed E-state index contributed by atoms with van der Waals surface area (Å²) in [5.74, 6) is 0.919. The van der Waals surface area contributed by atoms with Gasteiger partial charge in [-0.25, -0.2) is 0 Å². The normalized spacial score (nSPS) is 11.1. The van der Waals surface area contributed by atoms with Gasteiger partial charge in [-0.05, 0) is 12.8 Å². The van der Waals surface area contributed by atoms with Gasteiger partial charge in [0.1, 0.15) is 5.76 Å². The molecule has 0 radical (unpaired) electrons. The second kappa shape index (κ2) is 6.60. The molecule has 0 aromatic carbocycles. The number of rotatable bonds is 7. The number of nitrogens with one attached hydrogen (secondary N) is 1. The van der Waals surface area contributed by atoms with Gasteiger partial charge in [-0.3, -0.25) is 0 Å². The van der Waals surface area contributed by atoms with Gasteiger partial charge in [0.15, 0.2) is 0 Å². The van der Waals surface area contributed by atoms with Gasteiger partial charge in [-0.15, -0.1) is 0 Å². The minimum atomic E-state index is 0.620. The van der Waals surface area contributed by atoms with E-state index in [2.05, 4.69) is 24.3 Å². The van der Waals surface area contributed by atoms with Crippen molar-refractivity contribution in [3.8, 4) is 0 Å². The predicted octanol–water partition coefficient (Wildman–Crippen LogP) is 2.73. The Hall–Kier alpha value is -0.830. The Balaban J connectivity index is 2.25. The van der Waals surface area contributed by atoms with Crippen LogP contribution in [0.5, 0.6) is 0 Å². The van der Waals surface area contributed by atoms with Crippen molar-refractivity contribution in [3.63, 3.8) is 0 Å². The number of hydrogen-bond donors (Lipinski definition) is 1. The summed E-state index contributed by atoms with van der Waals surface area (Å²) in [6, 6.07) is 2.53. The van der Waals surface area contributed by atoms with Gasteiger partial charge in [-0.2, -0.15) is 0 Å². The van der Waals surface area contributed by atoms with Crippen molar-refractivity contribution in [1.29, 1.82) is 0 Å². The average molecular weight is 196 g/mol. The fourth-order valence-corrected chi connectivity index (χ4v) is 1.62. The van der Waals surface area contributed by atoms with Crippen molar-refractivity contribution < 1.29 is 4.52 Å². The van der Waals surface area contributed by atoms with Gasteiger partial charge < -0.3 is 9.84 Å². The summed E-state index contributed by atoms with van der Waals surface area (Å²) >= 11 is 0. The van der Waals surface area contributed by atoms with Gasteiger partial charge in [0, 0.05) is 12.1 Å². The van der Waals surface area contributed by atoms with Crippen LogP contribution in [0.3, 0.4) is 0 Å². The van der Waals surface area contributed by atoms with Crippen LogP contribution in [-0.4, -0.2) is 11.2 Å². The highest BCUT2D eigenvalue weighted by atomic mass is 16.5. The van der Waals surface area contributed by atoms with Crippen LogP contribution in [0.4, 0.5) is 0 Å². The number of hydrogen-bond acceptors (Lipinski definition) is 3.